The molecule has 0 unspecified atom stereocenters. The molecule has 0 radical (unpaired) electrons. The molecule has 41 heavy (non-hydrogen) atoms. The zero-order valence-electron chi connectivity index (χ0n) is 23.0. The van der Waals surface area contributed by atoms with Gasteiger partial charge in [-0.1, -0.05) is 36.5 Å². The van der Waals surface area contributed by atoms with Crippen LogP contribution in [0, 0.1) is 0 Å². The predicted octanol–water partition coefficient (Wildman–Crippen LogP) is 4.64. The van der Waals surface area contributed by atoms with Gasteiger partial charge in [0, 0.05) is 50.5 Å². The number of benzene rings is 3. The lowest BCUT2D eigenvalue weighted by Crippen LogP contribution is -2.48. The van der Waals surface area contributed by atoms with Crippen molar-refractivity contribution < 1.29 is 17.9 Å². The SMILES string of the molecule is CCc1cccc2sc(N3CCN(CCNC(=O)c4cccc(NS(=O)(=O)c5ccc(OC)cc5)c4)CC3)nc12.Cl. The lowest BCUT2D eigenvalue weighted by atomic mass is 10.1. The molecule has 0 bridgehead atoms. The molecule has 1 aliphatic heterocycles. The molecule has 1 aliphatic rings. The second-order valence-corrected chi connectivity index (χ2v) is 12.3. The Kier molecular flexibility index (Phi) is 10.1. The van der Waals surface area contributed by atoms with Crippen LogP contribution >= 0.6 is 23.7 Å². The molecule has 1 saturated heterocycles. The van der Waals surface area contributed by atoms with Crippen molar-refractivity contribution in [2.75, 3.05) is 56.0 Å². The van der Waals surface area contributed by atoms with Gasteiger partial charge in [-0.25, -0.2) is 13.4 Å². The normalized spacial score (nSPS) is 14.0. The van der Waals surface area contributed by atoms with E-state index in [0.29, 0.717) is 23.5 Å². The highest BCUT2D eigenvalue weighted by Gasteiger charge is 2.21. The smallest absolute Gasteiger partial charge is 0.261 e. The van der Waals surface area contributed by atoms with Crippen molar-refractivity contribution in [3.63, 3.8) is 0 Å². The van der Waals surface area contributed by atoms with Gasteiger partial charge in [-0.05, 0) is 60.5 Å². The molecule has 0 aliphatic carbocycles. The number of piperazine rings is 1. The Bertz CT molecular complexity index is 1590. The molecule has 5 rings (SSSR count). The molecule has 12 heteroatoms. The van der Waals surface area contributed by atoms with Crippen LogP contribution in [-0.4, -0.2) is 70.6 Å². The first kappa shape index (κ1) is 30.6. The van der Waals surface area contributed by atoms with E-state index in [1.54, 1.807) is 41.7 Å². The Labute approximate surface area is 251 Å². The number of aromatic nitrogens is 1. The van der Waals surface area contributed by atoms with Crippen molar-refractivity contribution in [3.8, 4) is 5.75 Å². The minimum Gasteiger partial charge on any atom is -0.497 e. The van der Waals surface area contributed by atoms with E-state index in [-0.39, 0.29) is 23.2 Å². The van der Waals surface area contributed by atoms with Crippen LogP contribution in [-0.2, 0) is 16.4 Å². The van der Waals surface area contributed by atoms with E-state index in [9.17, 15) is 13.2 Å². The third kappa shape index (κ3) is 7.28. The molecule has 9 nitrogen and oxygen atoms in total. The summed E-state index contributed by atoms with van der Waals surface area (Å²) in [6, 6.07) is 19.0. The monoisotopic (exact) mass is 615 g/mol. The number of ether oxygens (including phenoxy) is 1. The third-order valence-corrected chi connectivity index (χ3v) is 9.45. The Morgan fingerprint density at radius 3 is 2.46 bits per heavy atom. The van der Waals surface area contributed by atoms with E-state index < -0.39 is 10.0 Å². The summed E-state index contributed by atoms with van der Waals surface area (Å²) in [5.41, 5.74) is 3.12. The van der Waals surface area contributed by atoms with Crippen LogP contribution in [0.2, 0.25) is 0 Å². The van der Waals surface area contributed by atoms with Crippen molar-refractivity contribution >= 4 is 60.7 Å². The number of anilines is 2. The highest BCUT2D eigenvalue weighted by molar-refractivity contribution is 7.92. The first-order chi connectivity index (χ1) is 19.4. The number of fused-ring (bicyclic) bond motifs is 1. The van der Waals surface area contributed by atoms with Gasteiger partial charge in [0.2, 0.25) is 0 Å². The van der Waals surface area contributed by atoms with Gasteiger partial charge in [0.1, 0.15) is 5.75 Å². The van der Waals surface area contributed by atoms with Gasteiger partial charge in [0.15, 0.2) is 5.13 Å². The minimum absolute atomic E-state index is 0. The number of methoxy groups -OCH3 is 1. The number of thiazole rings is 1. The van der Waals surface area contributed by atoms with E-state index in [4.69, 9.17) is 9.72 Å². The molecule has 2 N–H and O–H groups in total. The number of hydrogen-bond donors (Lipinski definition) is 2. The maximum absolute atomic E-state index is 12.8. The number of amides is 1. The molecule has 1 amide bonds. The Morgan fingerprint density at radius 1 is 1.02 bits per heavy atom. The van der Waals surface area contributed by atoms with Gasteiger partial charge in [-0.3, -0.25) is 14.4 Å². The topological polar surface area (TPSA) is 104 Å². The molecule has 2 heterocycles. The molecule has 0 saturated carbocycles. The number of rotatable bonds is 10. The molecule has 0 atom stereocenters. The average molecular weight is 616 g/mol. The summed E-state index contributed by atoms with van der Waals surface area (Å²) < 4.78 is 34.4. The highest BCUT2D eigenvalue weighted by Crippen LogP contribution is 2.31. The number of carbonyl (C=O) groups excluding carboxylic acids is 1. The minimum atomic E-state index is -3.80. The van der Waals surface area contributed by atoms with Crippen LogP contribution in [0.5, 0.6) is 5.75 Å². The summed E-state index contributed by atoms with van der Waals surface area (Å²) >= 11 is 1.75. The molecule has 3 aromatic carbocycles. The van der Waals surface area contributed by atoms with Crippen LogP contribution < -0.4 is 19.7 Å². The quantitative estimate of drug-likeness (QED) is 0.268. The Balaban J connectivity index is 0.00000387. The molecular weight excluding hydrogens is 582 g/mol. The summed E-state index contributed by atoms with van der Waals surface area (Å²) in [5, 5.41) is 4.03. The van der Waals surface area contributed by atoms with Gasteiger partial charge in [0.25, 0.3) is 15.9 Å². The lowest BCUT2D eigenvalue weighted by Gasteiger charge is -2.34. The van der Waals surface area contributed by atoms with Crippen molar-refractivity contribution in [2.45, 2.75) is 18.2 Å². The van der Waals surface area contributed by atoms with E-state index >= 15 is 0 Å². The molecule has 1 fully saturated rings. The molecule has 1 aromatic heterocycles. The largest absolute Gasteiger partial charge is 0.497 e. The third-order valence-electron chi connectivity index (χ3n) is 6.98. The average Bonchev–Trinajstić information content (AvgIpc) is 3.42. The second kappa shape index (κ2) is 13.5. The summed E-state index contributed by atoms with van der Waals surface area (Å²) in [5.74, 6) is 0.323. The number of carbonyl (C=O) groups is 1. The standard InChI is InChI=1S/C29H33N5O4S2.ClH/c1-3-21-6-5-9-26-27(21)31-29(39-26)34-18-16-33(17-19-34)15-14-30-28(35)22-7-4-8-23(20-22)32-40(36,37)25-12-10-24(38-2)11-13-25;/h4-13,20,32H,3,14-19H2,1-2H3,(H,30,35);1H. The zero-order chi connectivity index (χ0) is 28.1. The van der Waals surface area contributed by atoms with Crippen molar-refractivity contribution in [1.82, 2.24) is 15.2 Å². The van der Waals surface area contributed by atoms with Crippen LogP contribution in [0.25, 0.3) is 10.2 Å². The van der Waals surface area contributed by atoms with Crippen LogP contribution in [0.1, 0.15) is 22.8 Å². The highest BCUT2D eigenvalue weighted by atomic mass is 35.5. The molecule has 218 valence electrons. The summed E-state index contributed by atoms with van der Waals surface area (Å²) in [7, 11) is -2.28. The van der Waals surface area contributed by atoms with E-state index in [2.05, 4.69) is 45.0 Å². The fourth-order valence-electron chi connectivity index (χ4n) is 4.70. The van der Waals surface area contributed by atoms with E-state index in [1.165, 1.54) is 35.6 Å². The molecular formula is C29H34ClN5O4S2. The van der Waals surface area contributed by atoms with Gasteiger partial charge in [0.05, 0.1) is 22.2 Å². The Hall–Kier alpha value is -3.38. The number of nitrogens with one attached hydrogen (secondary N) is 2. The fraction of sp³-hybridized carbons (Fsp3) is 0.310. The number of para-hydroxylation sites is 1. The number of hydrogen-bond acceptors (Lipinski definition) is 8. The zero-order valence-corrected chi connectivity index (χ0v) is 25.4. The lowest BCUT2D eigenvalue weighted by molar-refractivity contribution is 0.0948. The van der Waals surface area contributed by atoms with E-state index in [0.717, 1.165) is 49.8 Å². The van der Waals surface area contributed by atoms with Crippen molar-refractivity contribution in [2.24, 2.45) is 0 Å². The van der Waals surface area contributed by atoms with Gasteiger partial charge >= 0.3 is 0 Å². The number of sulfonamides is 1. The number of nitrogens with zero attached hydrogens (tertiary/aromatic N) is 3. The van der Waals surface area contributed by atoms with Gasteiger partial charge in [-0.2, -0.15) is 0 Å². The fourth-order valence-corrected chi connectivity index (χ4v) is 6.81. The number of aryl methyl sites for hydroxylation is 1. The van der Waals surface area contributed by atoms with Crippen LogP contribution in [0.3, 0.4) is 0 Å². The van der Waals surface area contributed by atoms with Crippen LogP contribution in [0.15, 0.2) is 71.6 Å². The summed E-state index contributed by atoms with van der Waals surface area (Å²) in [6.07, 6.45) is 0.976. The first-order valence-electron chi connectivity index (χ1n) is 13.3. The number of halogens is 1. The first-order valence-corrected chi connectivity index (χ1v) is 15.6. The Morgan fingerprint density at radius 2 is 1.76 bits per heavy atom. The maximum atomic E-state index is 12.8. The second-order valence-electron chi connectivity index (χ2n) is 9.56. The van der Waals surface area contributed by atoms with Gasteiger partial charge < -0.3 is 15.0 Å². The summed E-state index contributed by atoms with van der Waals surface area (Å²) in [4.78, 5) is 22.5. The maximum Gasteiger partial charge on any atom is 0.261 e. The van der Waals surface area contributed by atoms with E-state index in [1.807, 2.05) is 0 Å². The van der Waals surface area contributed by atoms with Crippen molar-refractivity contribution in [1.29, 1.82) is 0 Å². The van der Waals surface area contributed by atoms with Gasteiger partial charge in [-0.15, -0.1) is 12.4 Å². The summed E-state index contributed by atoms with van der Waals surface area (Å²) in [6.45, 7) is 6.99. The molecule has 4 aromatic rings. The van der Waals surface area contributed by atoms with Crippen molar-refractivity contribution in [3.05, 3.63) is 77.9 Å². The predicted molar refractivity (Wildman–Crippen MR) is 167 cm³/mol. The van der Waals surface area contributed by atoms with Crippen LogP contribution in [0.4, 0.5) is 10.8 Å². The molecule has 0 spiro atoms.